The van der Waals surface area contributed by atoms with Crippen LogP contribution >= 0.6 is 27.3 Å². The van der Waals surface area contributed by atoms with Crippen molar-refractivity contribution in [1.82, 2.24) is 5.32 Å². The zero-order valence-corrected chi connectivity index (χ0v) is 9.57. The zero-order chi connectivity index (χ0) is 9.68. The van der Waals surface area contributed by atoms with Crippen LogP contribution in [0.2, 0.25) is 0 Å². The summed E-state index contributed by atoms with van der Waals surface area (Å²) in [6.07, 6.45) is -0.372. The minimum atomic E-state index is -0.372. The smallest absolute Gasteiger partial charge is 0.407 e. The van der Waals surface area contributed by atoms with Crippen molar-refractivity contribution in [3.8, 4) is 0 Å². The molecule has 0 saturated heterocycles. The highest BCUT2D eigenvalue weighted by atomic mass is 79.9. The van der Waals surface area contributed by atoms with Crippen LogP contribution in [0.25, 0.3) is 0 Å². The molecule has 3 nitrogen and oxygen atoms in total. The molecule has 0 aromatic carbocycles. The van der Waals surface area contributed by atoms with Gasteiger partial charge in [0.1, 0.15) is 0 Å². The summed E-state index contributed by atoms with van der Waals surface area (Å²) in [6.45, 7) is 2.69. The molecule has 1 aromatic rings. The summed E-state index contributed by atoms with van der Waals surface area (Å²) < 4.78 is 5.74. The van der Waals surface area contributed by atoms with Gasteiger partial charge in [-0.05, 0) is 34.3 Å². The normalized spacial score (nSPS) is 9.69. The van der Waals surface area contributed by atoms with Crippen molar-refractivity contribution in [2.24, 2.45) is 0 Å². The summed E-state index contributed by atoms with van der Waals surface area (Å²) in [5, 5.41) is 4.61. The average molecular weight is 264 g/mol. The molecule has 1 amide bonds. The van der Waals surface area contributed by atoms with Crippen molar-refractivity contribution in [3.05, 3.63) is 20.8 Å². The van der Waals surface area contributed by atoms with Crippen LogP contribution in [0.4, 0.5) is 4.79 Å². The summed E-state index contributed by atoms with van der Waals surface area (Å²) in [6, 6.07) is 1.95. The molecule has 72 valence electrons. The molecule has 0 aliphatic carbocycles. The number of thiophene rings is 1. The molecular weight excluding hydrogens is 254 g/mol. The van der Waals surface area contributed by atoms with E-state index in [1.165, 1.54) is 0 Å². The Morgan fingerprint density at radius 3 is 3.08 bits per heavy atom. The SMILES string of the molecule is CCOC(=O)NCc1sccc1Br. The highest BCUT2D eigenvalue weighted by molar-refractivity contribution is 9.10. The zero-order valence-electron chi connectivity index (χ0n) is 7.17. The van der Waals surface area contributed by atoms with E-state index >= 15 is 0 Å². The van der Waals surface area contributed by atoms with Gasteiger partial charge in [-0.1, -0.05) is 0 Å². The third kappa shape index (κ3) is 3.36. The number of hydrogen-bond donors (Lipinski definition) is 1. The molecule has 1 N–H and O–H groups in total. The number of nitrogens with one attached hydrogen (secondary N) is 1. The van der Waals surface area contributed by atoms with E-state index in [1.807, 2.05) is 11.4 Å². The van der Waals surface area contributed by atoms with Crippen LogP contribution in [-0.4, -0.2) is 12.7 Å². The number of alkyl carbamates (subject to hydrolysis) is 1. The molecule has 0 unspecified atom stereocenters. The second-order valence-electron chi connectivity index (χ2n) is 2.27. The van der Waals surface area contributed by atoms with Crippen molar-refractivity contribution in [2.75, 3.05) is 6.61 Å². The molecule has 0 spiro atoms. The first-order valence-electron chi connectivity index (χ1n) is 3.86. The molecule has 1 rings (SSSR count). The molecule has 0 fully saturated rings. The Balaban J connectivity index is 2.35. The van der Waals surface area contributed by atoms with Crippen molar-refractivity contribution in [3.63, 3.8) is 0 Å². The number of amides is 1. The van der Waals surface area contributed by atoms with E-state index < -0.39 is 0 Å². The summed E-state index contributed by atoms with van der Waals surface area (Å²) in [5.41, 5.74) is 0. The topological polar surface area (TPSA) is 38.3 Å². The van der Waals surface area contributed by atoms with Crippen LogP contribution in [0.5, 0.6) is 0 Å². The van der Waals surface area contributed by atoms with Crippen LogP contribution in [0, 0.1) is 0 Å². The van der Waals surface area contributed by atoms with Gasteiger partial charge in [-0.3, -0.25) is 0 Å². The van der Waals surface area contributed by atoms with Crippen molar-refractivity contribution in [2.45, 2.75) is 13.5 Å². The monoisotopic (exact) mass is 263 g/mol. The third-order valence-electron chi connectivity index (χ3n) is 1.36. The summed E-state index contributed by atoms with van der Waals surface area (Å²) in [4.78, 5) is 12.0. The van der Waals surface area contributed by atoms with E-state index in [0.717, 1.165) is 9.35 Å². The number of halogens is 1. The maximum atomic E-state index is 10.9. The fraction of sp³-hybridized carbons (Fsp3) is 0.375. The molecule has 0 aliphatic rings. The number of ether oxygens (including phenoxy) is 1. The molecule has 1 aromatic heterocycles. The van der Waals surface area contributed by atoms with Gasteiger partial charge in [0.25, 0.3) is 0 Å². The van der Waals surface area contributed by atoms with Crippen molar-refractivity contribution in [1.29, 1.82) is 0 Å². The second kappa shape index (κ2) is 5.24. The largest absolute Gasteiger partial charge is 0.450 e. The van der Waals surface area contributed by atoms with Crippen LogP contribution in [0.1, 0.15) is 11.8 Å². The Hall–Kier alpha value is -0.550. The minimum Gasteiger partial charge on any atom is -0.450 e. The number of hydrogen-bond acceptors (Lipinski definition) is 3. The molecular formula is C8H10BrNO2S. The predicted molar refractivity (Wildman–Crippen MR) is 55.9 cm³/mol. The predicted octanol–water partition coefficient (Wildman–Crippen LogP) is 2.76. The first kappa shape index (κ1) is 10.5. The summed E-state index contributed by atoms with van der Waals surface area (Å²) in [7, 11) is 0. The number of carbonyl (C=O) groups excluding carboxylic acids is 1. The molecule has 5 heteroatoms. The molecule has 0 aliphatic heterocycles. The van der Waals surface area contributed by atoms with Crippen LogP contribution < -0.4 is 5.32 Å². The van der Waals surface area contributed by atoms with Crippen LogP contribution in [0.15, 0.2) is 15.9 Å². The fourth-order valence-electron chi connectivity index (χ4n) is 0.786. The Morgan fingerprint density at radius 2 is 2.54 bits per heavy atom. The van der Waals surface area contributed by atoms with Crippen molar-refractivity contribution >= 4 is 33.4 Å². The average Bonchev–Trinajstić information content (AvgIpc) is 2.48. The first-order valence-corrected chi connectivity index (χ1v) is 5.53. The Labute approximate surface area is 89.2 Å². The lowest BCUT2D eigenvalue weighted by Gasteiger charge is -2.03. The fourth-order valence-corrected chi connectivity index (χ4v) is 2.22. The van der Waals surface area contributed by atoms with E-state index in [1.54, 1.807) is 18.3 Å². The van der Waals surface area contributed by atoms with E-state index in [9.17, 15) is 4.79 Å². The maximum Gasteiger partial charge on any atom is 0.407 e. The Bertz CT molecular complexity index is 287. The molecule has 0 saturated carbocycles. The third-order valence-corrected chi connectivity index (χ3v) is 3.29. The molecule has 1 heterocycles. The highest BCUT2D eigenvalue weighted by Crippen LogP contribution is 2.21. The van der Waals surface area contributed by atoms with Gasteiger partial charge in [0, 0.05) is 9.35 Å². The summed E-state index contributed by atoms with van der Waals surface area (Å²) in [5.74, 6) is 0. The van der Waals surface area contributed by atoms with Crippen LogP contribution in [0.3, 0.4) is 0 Å². The molecule has 0 radical (unpaired) electrons. The maximum absolute atomic E-state index is 10.9. The number of rotatable bonds is 3. The van der Waals surface area contributed by atoms with Gasteiger partial charge < -0.3 is 10.1 Å². The molecule has 13 heavy (non-hydrogen) atoms. The van der Waals surface area contributed by atoms with Gasteiger partial charge in [-0.2, -0.15) is 0 Å². The second-order valence-corrected chi connectivity index (χ2v) is 4.12. The Morgan fingerprint density at radius 1 is 1.77 bits per heavy atom. The lowest BCUT2D eigenvalue weighted by molar-refractivity contribution is 0.152. The van der Waals surface area contributed by atoms with Gasteiger partial charge in [-0.15, -0.1) is 11.3 Å². The van der Waals surface area contributed by atoms with Crippen molar-refractivity contribution < 1.29 is 9.53 Å². The first-order chi connectivity index (χ1) is 6.24. The van der Waals surface area contributed by atoms with Crippen LogP contribution in [-0.2, 0) is 11.3 Å². The van der Waals surface area contributed by atoms with Gasteiger partial charge >= 0.3 is 6.09 Å². The quantitative estimate of drug-likeness (QED) is 0.911. The van der Waals surface area contributed by atoms with Gasteiger partial charge in [0.2, 0.25) is 0 Å². The lowest BCUT2D eigenvalue weighted by atomic mass is 10.5. The van der Waals surface area contributed by atoms with E-state index in [0.29, 0.717) is 13.2 Å². The lowest BCUT2D eigenvalue weighted by Crippen LogP contribution is -2.23. The van der Waals surface area contributed by atoms with Gasteiger partial charge in [0.05, 0.1) is 13.2 Å². The van der Waals surface area contributed by atoms with Gasteiger partial charge in [0.15, 0.2) is 0 Å². The van der Waals surface area contributed by atoms with E-state index in [-0.39, 0.29) is 6.09 Å². The Kier molecular flexibility index (Phi) is 4.24. The van der Waals surface area contributed by atoms with E-state index in [4.69, 9.17) is 4.74 Å². The molecule has 0 bridgehead atoms. The molecule has 0 atom stereocenters. The highest BCUT2D eigenvalue weighted by Gasteiger charge is 2.03. The minimum absolute atomic E-state index is 0.372. The van der Waals surface area contributed by atoms with E-state index in [2.05, 4.69) is 21.2 Å². The standard InChI is InChI=1S/C8H10BrNO2S/c1-2-12-8(11)10-5-7-6(9)3-4-13-7/h3-4H,2,5H2,1H3,(H,10,11). The van der Waals surface area contributed by atoms with Gasteiger partial charge in [-0.25, -0.2) is 4.79 Å². The number of carbonyl (C=O) groups is 1. The summed E-state index contributed by atoms with van der Waals surface area (Å²) >= 11 is 4.97.